The van der Waals surface area contributed by atoms with Gasteiger partial charge in [0.25, 0.3) is 0 Å². The first-order chi connectivity index (χ1) is 11.0. The van der Waals surface area contributed by atoms with E-state index in [2.05, 4.69) is 15.3 Å². The number of carbonyl (C=O) groups excluding carboxylic acids is 1. The molecule has 0 fully saturated rings. The number of nitrogens with one attached hydrogen (secondary N) is 2. The van der Waals surface area contributed by atoms with E-state index in [4.69, 9.17) is 20.8 Å². The van der Waals surface area contributed by atoms with Crippen LogP contribution in [0.5, 0.6) is 0 Å². The highest BCUT2D eigenvalue weighted by Crippen LogP contribution is 2.25. The van der Waals surface area contributed by atoms with Gasteiger partial charge in [0.1, 0.15) is 11.8 Å². The van der Waals surface area contributed by atoms with E-state index in [1.54, 1.807) is 36.4 Å². The topological polar surface area (TPSA) is 137 Å². The Morgan fingerprint density at radius 3 is 2.87 bits per heavy atom. The lowest BCUT2D eigenvalue weighted by molar-refractivity contribution is 0.0566. The predicted octanol–water partition coefficient (Wildman–Crippen LogP) is 1.96. The van der Waals surface area contributed by atoms with E-state index in [0.717, 1.165) is 0 Å². The zero-order valence-electron chi connectivity index (χ0n) is 12.2. The van der Waals surface area contributed by atoms with E-state index in [1.165, 1.54) is 13.2 Å². The molecule has 0 amide bonds. The third-order valence-corrected chi connectivity index (χ3v) is 2.80. The predicted molar refractivity (Wildman–Crippen MR) is 84.1 cm³/mol. The number of esters is 1. The van der Waals surface area contributed by atoms with Crippen molar-refractivity contribution in [2.75, 3.05) is 12.5 Å². The zero-order valence-corrected chi connectivity index (χ0v) is 12.2. The Hall–Kier alpha value is -3.60. The Morgan fingerprint density at radius 1 is 1.43 bits per heavy atom. The lowest BCUT2D eigenvalue weighted by Crippen LogP contribution is -2.21. The molecule has 2 rings (SSSR count). The number of anilines is 1. The molecule has 0 spiro atoms. The molecule has 0 aliphatic heterocycles. The number of carbonyl (C=O) groups is 1. The summed E-state index contributed by atoms with van der Waals surface area (Å²) in [6.45, 7) is 0. The third-order valence-electron chi connectivity index (χ3n) is 2.80. The van der Waals surface area contributed by atoms with Crippen molar-refractivity contribution >= 4 is 23.2 Å². The van der Waals surface area contributed by atoms with E-state index in [9.17, 15) is 4.79 Å². The fourth-order valence-electron chi connectivity index (χ4n) is 1.71. The van der Waals surface area contributed by atoms with Crippen LogP contribution in [0.25, 0.3) is 11.3 Å². The van der Waals surface area contributed by atoms with Crippen molar-refractivity contribution in [2.45, 2.75) is 0 Å². The van der Waals surface area contributed by atoms with Crippen LogP contribution in [0, 0.1) is 16.7 Å². The summed E-state index contributed by atoms with van der Waals surface area (Å²) in [5.41, 5.74) is 8.88. The number of furan rings is 1. The van der Waals surface area contributed by atoms with Gasteiger partial charge >= 0.3 is 5.97 Å². The molecule has 116 valence electrons. The lowest BCUT2D eigenvalue weighted by atomic mass is 10.1. The summed E-state index contributed by atoms with van der Waals surface area (Å²) >= 11 is 0. The average molecular weight is 311 g/mol. The standard InChI is InChI=1S/C15H13N5O3/c1-22-15(21)13-6-5-12(23-13)9-3-2-4-10(7-9)19-20-11(8-16)14(17)18/h2-7,19H,1H3,(H3,17,18)/b20-11+. The van der Waals surface area contributed by atoms with Crippen molar-refractivity contribution < 1.29 is 13.9 Å². The lowest BCUT2D eigenvalue weighted by Gasteiger charge is -2.03. The van der Waals surface area contributed by atoms with Gasteiger partial charge in [-0.05, 0) is 24.3 Å². The first-order valence-electron chi connectivity index (χ1n) is 6.42. The van der Waals surface area contributed by atoms with Crippen LogP contribution in [-0.4, -0.2) is 24.6 Å². The van der Waals surface area contributed by atoms with Crippen LogP contribution in [0.15, 0.2) is 45.9 Å². The number of amidine groups is 1. The summed E-state index contributed by atoms with van der Waals surface area (Å²) in [6, 6.07) is 11.8. The Kier molecular flexibility index (Phi) is 4.74. The Balaban J connectivity index is 2.23. The van der Waals surface area contributed by atoms with E-state index in [1.807, 2.05) is 0 Å². The van der Waals surface area contributed by atoms with Crippen LogP contribution < -0.4 is 11.2 Å². The van der Waals surface area contributed by atoms with Crippen LogP contribution >= 0.6 is 0 Å². The minimum Gasteiger partial charge on any atom is -0.463 e. The van der Waals surface area contributed by atoms with Crippen LogP contribution in [0.2, 0.25) is 0 Å². The van der Waals surface area contributed by atoms with Gasteiger partial charge in [-0.2, -0.15) is 10.4 Å². The van der Waals surface area contributed by atoms with Crippen molar-refractivity contribution in [3.8, 4) is 17.4 Å². The number of hydrogen-bond donors (Lipinski definition) is 3. The molecule has 1 heterocycles. The van der Waals surface area contributed by atoms with Crippen molar-refractivity contribution in [1.29, 1.82) is 10.7 Å². The van der Waals surface area contributed by atoms with Gasteiger partial charge in [0.15, 0.2) is 5.84 Å². The Bertz CT molecular complexity index is 817. The minimum atomic E-state index is -0.560. The summed E-state index contributed by atoms with van der Waals surface area (Å²) in [6.07, 6.45) is 0. The highest BCUT2D eigenvalue weighted by atomic mass is 16.5. The number of nitriles is 1. The molecule has 0 saturated carbocycles. The van der Waals surface area contributed by atoms with Crippen LogP contribution in [0.4, 0.5) is 5.69 Å². The van der Waals surface area contributed by atoms with Gasteiger partial charge in [0.2, 0.25) is 11.5 Å². The van der Waals surface area contributed by atoms with E-state index >= 15 is 0 Å². The fourth-order valence-corrected chi connectivity index (χ4v) is 1.71. The molecule has 0 bridgehead atoms. The van der Waals surface area contributed by atoms with Crippen molar-refractivity contribution in [3.63, 3.8) is 0 Å². The van der Waals surface area contributed by atoms with Gasteiger partial charge in [-0.15, -0.1) is 0 Å². The normalized spacial score (nSPS) is 10.7. The molecule has 8 heteroatoms. The second-order valence-corrected chi connectivity index (χ2v) is 4.33. The second-order valence-electron chi connectivity index (χ2n) is 4.33. The smallest absolute Gasteiger partial charge is 0.373 e. The number of benzene rings is 1. The molecule has 0 saturated heterocycles. The molecule has 1 aromatic heterocycles. The molecule has 8 nitrogen and oxygen atoms in total. The molecular formula is C15H13N5O3. The number of methoxy groups -OCH3 is 1. The van der Waals surface area contributed by atoms with Gasteiger partial charge < -0.3 is 14.9 Å². The Labute approximate surface area is 131 Å². The van der Waals surface area contributed by atoms with Crippen LogP contribution in [0.1, 0.15) is 10.6 Å². The second kappa shape index (κ2) is 6.91. The van der Waals surface area contributed by atoms with E-state index < -0.39 is 11.8 Å². The zero-order chi connectivity index (χ0) is 16.8. The summed E-state index contributed by atoms with van der Waals surface area (Å²) in [4.78, 5) is 11.4. The number of ether oxygens (including phenoxy) is 1. The maximum atomic E-state index is 11.4. The van der Waals surface area contributed by atoms with E-state index in [0.29, 0.717) is 17.0 Å². The summed E-state index contributed by atoms with van der Waals surface area (Å²) < 4.78 is 10.0. The van der Waals surface area contributed by atoms with Crippen LogP contribution in [-0.2, 0) is 4.74 Å². The van der Waals surface area contributed by atoms with E-state index in [-0.39, 0.29) is 11.5 Å². The maximum Gasteiger partial charge on any atom is 0.373 e. The monoisotopic (exact) mass is 311 g/mol. The summed E-state index contributed by atoms with van der Waals surface area (Å²) in [7, 11) is 1.27. The summed E-state index contributed by atoms with van der Waals surface area (Å²) in [5.74, 6) is -0.410. The highest BCUT2D eigenvalue weighted by molar-refractivity contribution is 6.45. The van der Waals surface area contributed by atoms with Crippen molar-refractivity contribution in [2.24, 2.45) is 10.8 Å². The molecule has 0 unspecified atom stereocenters. The van der Waals surface area contributed by atoms with Crippen LogP contribution in [0.3, 0.4) is 0 Å². The molecule has 0 atom stereocenters. The molecule has 0 aliphatic rings. The third kappa shape index (κ3) is 3.74. The largest absolute Gasteiger partial charge is 0.463 e. The average Bonchev–Trinajstić information content (AvgIpc) is 3.04. The molecule has 0 aliphatic carbocycles. The van der Waals surface area contributed by atoms with Crippen molar-refractivity contribution in [1.82, 2.24) is 0 Å². The number of rotatable bonds is 5. The number of hydrazone groups is 1. The first kappa shape index (κ1) is 15.8. The van der Waals surface area contributed by atoms with Gasteiger partial charge in [0.05, 0.1) is 12.8 Å². The molecule has 4 N–H and O–H groups in total. The molecular weight excluding hydrogens is 298 g/mol. The highest BCUT2D eigenvalue weighted by Gasteiger charge is 2.12. The van der Waals surface area contributed by atoms with Crippen molar-refractivity contribution in [3.05, 3.63) is 42.2 Å². The quantitative estimate of drug-likeness (QED) is 0.334. The SMILES string of the molecule is COC(=O)c1ccc(-c2cccc(N/N=C(\C#N)C(=N)N)c2)o1. The molecule has 23 heavy (non-hydrogen) atoms. The maximum absolute atomic E-state index is 11.4. The summed E-state index contributed by atoms with van der Waals surface area (Å²) in [5, 5.41) is 19.7. The number of nitrogens with two attached hydrogens (primary N) is 1. The van der Waals surface area contributed by atoms with Gasteiger partial charge in [-0.1, -0.05) is 12.1 Å². The molecule has 0 radical (unpaired) electrons. The number of hydrogen-bond acceptors (Lipinski definition) is 7. The number of nitrogens with zero attached hydrogens (tertiary/aromatic N) is 2. The minimum absolute atomic E-state index is 0.0993. The Morgan fingerprint density at radius 2 is 2.22 bits per heavy atom. The van der Waals surface area contributed by atoms with Gasteiger partial charge in [-0.25, -0.2) is 4.79 Å². The molecule has 1 aromatic carbocycles. The van der Waals surface area contributed by atoms with Gasteiger partial charge in [-0.3, -0.25) is 10.8 Å². The first-order valence-corrected chi connectivity index (χ1v) is 6.42. The fraction of sp³-hybridized carbons (Fsp3) is 0.0667. The molecule has 2 aromatic rings. The van der Waals surface area contributed by atoms with Gasteiger partial charge in [0, 0.05) is 5.56 Å².